The first kappa shape index (κ1) is 18.9. The molecule has 3 unspecified atom stereocenters. The highest BCUT2D eigenvalue weighted by Gasteiger charge is 2.30. The van der Waals surface area contributed by atoms with Gasteiger partial charge in [-0.05, 0) is 18.9 Å². The molecule has 0 aliphatic carbocycles. The van der Waals surface area contributed by atoms with Gasteiger partial charge in [0.25, 0.3) is 0 Å². The molecule has 1 saturated heterocycles. The van der Waals surface area contributed by atoms with Gasteiger partial charge < -0.3 is 15.4 Å². The van der Waals surface area contributed by atoms with E-state index in [1.807, 2.05) is 36.9 Å². The molecule has 0 saturated carbocycles. The second-order valence-corrected chi connectivity index (χ2v) is 6.09. The van der Waals surface area contributed by atoms with Crippen LogP contribution in [0.5, 0.6) is 0 Å². The van der Waals surface area contributed by atoms with Crippen molar-refractivity contribution in [3.05, 3.63) is 35.9 Å². The van der Waals surface area contributed by atoms with Crippen molar-refractivity contribution in [2.45, 2.75) is 32.9 Å². The Balaban J connectivity index is 0.00000242. The van der Waals surface area contributed by atoms with Crippen molar-refractivity contribution >= 4 is 18.3 Å². The first-order valence-corrected chi connectivity index (χ1v) is 7.74. The van der Waals surface area contributed by atoms with E-state index in [1.54, 1.807) is 0 Å². The number of halogens is 1. The minimum absolute atomic E-state index is 0. The lowest BCUT2D eigenvalue weighted by atomic mass is 10.0. The summed E-state index contributed by atoms with van der Waals surface area (Å²) in [4.78, 5) is 14.2. The number of nitrogens with zero attached hydrogens (tertiary/aromatic N) is 1. The van der Waals surface area contributed by atoms with E-state index < -0.39 is 0 Å². The molecule has 0 spiro atoms. The summed E-state index contributed by atoms with van der Waals surface area (Å²) in [5, 5.41) is 0. The highest BCUT2D eigenvalue weighted by Crippen LogP contribution is 2.20. The normalized spacial score (nSPS) is 20.3. The zero-order chi connectivity index (χ0) is 15.2. The highest BCUT2D eigenvalue weighted by molar-refractivity contribution is 5.85. The number of likely N-dealkylation sites (tertiary alicyclic amines) is 1. The molecule has 0 bridgehead atoms. The third kappa shape index (κ3) is 5.27. The van der Waals surface area contributed by atoms with E-state index in [-0.39, 0.29) is 30.3 Å². The molecule has 1 aliphatic rings. The number of rotatable bonds is 6. The number of benzene rings is 1. The molecular weight excluding hydrogens is 300 g/mol. The largest absolute Gasteiger partial charge is 0.376 e. The van der Waals surface area contributed by atoms with Crippen LogP contribution in [0.25, 0.3) is 0 Å². The number of hydrogen-bond acceptors (Lipinski definition) is 3. The number of hydrogen-bond donors (Lipinski definition) is 1. The third-order valence-electron chi connectivity index (χ3n) is 4.24. The van der Waals surface area contributed by atoms with E-state index in [9.17, 15) is 4.79 Å². The Morgan fingerprint density at radius 2 is 2.05 bits per heavy atom. The van der Waals surface area contributed by atoms with Crippen LogP contribution in [0, 0.1) is 11.8 Å². The van der Waals surface area contributed by atoms with Crippen LogP contribution in [0.15, 0.2) is 30.3 Å². The lowest BCUT2D eigenvalue weighted by Crippen LogP contribution is -2.40. The lowest BCUT2D eigenvalue weighted by Gasteiger charge is -2.23. The summed E-state index contributed by atoms with van der Waals surface area (Å²) in [6, 6.07) is 10.1. The van der Waals surface area contributed by atoms with Gasteiger partial charge in [0, 0.05) is 25.0 Å². The average Bonchev–Trinajstić information content (AvgIpc) is 2.95. The van der Waals surface area contributed by atoms with Crippen molar-refractivity contribution < 1.29 is 9.53 Å². The molecule has 1 heterocycles. The second kappa shape index (κ2) is 9.13. The number of nitrogens with two attached hydrogens (primary N) is 1. The van der Waals surface area contributed by atoms with Gasteiger partial charge in [0.05, 0.1) is 19.1 Å². The summed E-state index contributed by atoms with van der Waals surface area (Å²) >= 11 is 0. The molecular formula is C17H27ClN2O2. The molecule has 1 aliphatic heterocycles. The molecule has 3 atom stereocenters. The molecule has 1 aromatic rings. The summed E-state index contributed by atoms with van der Waals surface area (Å²) in [6.45, 7) is 6.78. The van der Waals surface area contributed by atoms with Gasteiger partial charge in [-0.15, -0.1) is 12.4 Å². The second-order valence-electron chi connectivity index (χ2n) is 6.09. The van der Waals surface area contributed by atoms with Crippen molar-refractivity contribution in [2.75, 3.05) is 19.7 Å². The van der Waals surface area contributed by atoms with Gasteiger partial charge >= 0.3 is 0 Å². The quantitative estimate of drug-likeness (QED) is 0.873. The number of carbonyl (C=O) groups excluding carboxylic acids is 1. The molecule has 22 heavy (non-hydrogen) atoms. The van der Waals surface area contributed by atoms with E-state index in [0.717, 1.165) is 19.5 Å². The van der Waals surface area contributed by atoms with Gasteiger partial charge in [-0.3, -0.25) is 4.79 Å². The molecule has 0 aromatic heterocycles. The third-order valence-corrected chi connectivity index (χ3v) is 4.24. The lowest BCUT2D eigenvalue weighted by molar-refractivity contribution is -0.134. The van der Waals surface area contributed by atoms with E-state index >= 15 is 0 Å². The Morgan fingerprint density at radius 3 is 2.68 bits per heavy atom. The molecule has 2 rings (SSSR count). The molecule has 1 amide bonds. The zero-order valence-corrected chi connectivity index (χ0v) is 14.2. The van der Waals surface area contributed by atoms with Crippen LogP contribution < -0.4 is 5.73 Å². The van der Waals surface area contributed by atoms with Crippen molar-refractivity contribution in [3.63, 3.8) is 0 Å². The average molecular weight is 327 g/mol. The predicted octanol–water partition coefficient (Wildman–Crippen LogP) is 2.46. The minimum Gasteiger partial charge on any atom is -0.376 e. The Bertz CT molecular complexity index is 453. The van der Waals surface area contributed by atoms with Gasteiger partial charge in [0.1, 0.15) is 0 Å². The van der Waals surface area contributed by atoms with Gasteiger partial charge in [-0.1, -0.05) is 37.3 Å². The van der Waals surface area contributed by atoms with Crippen LogP contribution in [-0.4, -0.2) is 36.5 Å². The maximum atomic E-state index is 12.2. The van der Waals surface area contributed by atoms with E-state index in [1.165, 1.54) is 5.56 Å². The Morgan fingerprint density at radius 1 is 1.36 bits per heavy atom. The maximum Gasteiger partial charge on any atom is 0.226 e. The molecule has 1 aromatic carbocycles. The molecule has 124 valence electrons. The fourth-order valence-corrected chi connectivity index (χ4v) is 2.60. The SMILES string of the molecule is CC(N)C(C)C(=O)N1CCC(COCc2ccccc2)C1.Cl. The Labute approximate surface area is 139 Å². The van der Waals surface area contributed by atoms with E-state index in [0.29, 0.717) is 19.1 Å². The van der Waals surface area contributed by atoms with Crippen molar-refractivity contribution in [1.29, 1.82) is 0 Å². The fourth-order valence-electron chi connectivity index (χ4n) is 2.60. The Hall–Kier alpha value is -1.10. The summed E-state index contributed by atoms with van der Waals surface area (Å²) < 4.78 is 5.78. The van der Waals surface area contributed by atoms with Crippen molar-refractivity contribution in [1.82, 2.24) is 4.90 Å². The summed E-state index contributed by atoms with van der Waals surface area (Å²) in [7, 11) is 0. The monoisotopic (exact) mass is 326 g/mol. The van der Waals surface area contributed by atoms with Crippen LogP contribution in [0.3, 0.4) is 0 Å². The first-order valence-electron chi connectivity index (χ1n) is 7.74. The topological polar surface area (TPSA) is 55.6 Å². The predicted molar refractivity (Wildman–Crippen MR) is 90.8 cm³/mol. The molecule has 1 fully saturated rings. The minimum atomic E-state index is -0.103. The smallest absolute Gasteiger partial charge is 0.226 e. The first-order chi connectivity index (χ1) is 10.1. The standard InChI is InChI=1S/C17H26N2O2.ClH/c1-13(14(2)18)17(20)19-9-8-16(10-19)12-21-11-15-6-4-3-5-7-15;/h3-7,13-14,16H,8-12,18H2,1-2H3;1H. The van der Waals surface area contributed by atoms with Gasteiger partial charge in [-0.25, -0.2) is 0 Å². The van der Waals surface area contributed by atoms with Gasteiger partial charge in [0.2, 0.25) is 5.91 Å². The van der Waals surface area contributed by atoms with E-state index in [2.05, 4.69) is 12.1 Å². The van der Waals surface area contributed by atoms with Gasteiger partial charge in [-0.2, -0.15) is 0 Å². The number of amides is 1. The molecule has 0 radical (unpaired) electrons. The molecule has 2 N–H and O–H groups in total. The van der Waals surface area contributed by atoms with Crippen LogP contribution in [-0.2, 0) is 16.1 Å². The van der Waals surface area contributed by atoms with Crippen LogP contribution in [0.4, 0.5) is 0 Å². The molecule has 5 heteroatoms. The van der Waals surface area contributed by atoms with Crippen LogP contribution in [0.1, 0.15) is 25.8 Å². The fraction of sp³-hybridized carbons (Fsp3) is 0.588. The van der Waals surface area contributed by atoms with Crippen molar-refractivity contribution in [3.8, 4) is 0 Å². The summed E-state index contributed by atoms with van der Waals surface area (Å²) in [6.07, 6.45) is 1.02. The maximum absolute atomic E-state index is 12.2. The number of ether oxygens (including phenoxy) is 1. The van der Waals surface area contributed by atoms with E-state index in [4.69, 9.17) is 10.5 Å². The Kier molecular flexibility index (Phi) is 7.87. The highest BCUT2D eigenvalue weighted by atomic mass is 35.5. The summed E-state index contributed by atoms with van der Waals surface area (Å²) in [5.74, 6) is 0.516. The summed E-state index contributed by atoms with van der Waals surface area (Å²) in [5.41, 5.74) is 7.00. The molecule has 4 nitrogen and oxygen atoms in total. The van der Waals surface area contributed by atoms with Gasteiger partial charge in [0.15, 0.2) is 0 Å². The van der Waals surface area contributed by atoms with Crippen LogP contribution >= 0.6 is 12.4 Å². The zero-order valence-electron chi connectivity index (χ0n) is 13.4. The van der Waals surface area contributed by atoms with Crippen molar-refractivity contribution in [2.24, 2.45) is 17.6 Å². The van der Waals surface area contributed by atoms with Crippen LogP contribution in [0.2, 0.25) is 0 Å². The number of carbonyl (C=O) groups is 1.